The molecular formula is C10H13FO. The highest BCUT2D eigenvalue weighted by Gasteiger charge is 2.57. The molecular weight excluding hydrogens is 155 g/mol. The van der Waals surface area contributed by atoms with E-state index in [2.05, 4.69) is 0 Å². The monoisotopic (exact) mass is 168 g/mol. The molecule has 0 aromatic carbocycles. The van der Waals surface area contributed by atoms with Gasteiger partial charge >= 0.3 is 0 Å². The Morgan fingerprint density at radius 3 is 2.25 bits per heavy atom. The second kappa shape index (κ2) is 1.91. The largest absolute Gasteiger partial charge is 0.296 e. The van der Waals surface area contributed by atoms with Gasteiger partial charge in [0.1, 0.15) is 0 Å². The fraction of sp³-hybridized carbons (Fsp3) is 0.900. The topological polar surface area (TPSA) is 17.1 Å². The van der Waals surface area contributed by atoms with Gasteiger partial charge in [0, 0.05) is 5.92 Å². The van der Waals surface area contributed by atoms with E-state index in [1.54, 1.807) is 0 Å². The Hall–Kier alpha value is -0.400. The summed E-state index contributed by atoms with van der Waals surface area (Å²) in [6.07, 6.45) is 4.25. The maximum absolute atomic E-state index is 13.9. The fourth-order valence-electron chi connectivity index (χ4n) is 3.68. The summed E-state index contributed by atoms with van der Waals surface area (Å²) < 4.78 is 13.9. The first-order valence-electron chi connectivity index (χ1n) is 4.90. The maximum atomic E-state index is 13.9. The number of carbonyl (C=O) groups excluding carboxylic acids is 1. The third kappa shape index (κ3) is 0.711. The van der Waals surface area contributed by atoms with Crippen molar-refractivity contribution in [3.63, 3.8) is 0 Å². The van der Waals surface area contributed by atoms with E-state index in [0.717, 1.165) is 12.8 Å². The van der Waals surface area contributed by atoms with Crippen LogP contribution in [0.5, 0.6) is 0 Å². The second-order valence-corrected chi connectivity index (χ2v) is 4.87. The van der Waals surface area contributed by atoms with E-state index in [-0.39, 0.29) is 11.7 Å². The van der Waals surface area contributed by atoms with E-state index in [1.165, 1.54) is 6.42 Å². The zero-order valence-electron chi connectivity index (χ0n) is 7.05. The van der Waals surface area contributed by atoms with E-state index in [0.29, 0.717) is 24.7 Å². The third-order valence-electron chi connectivity index (χ3n) is 3.94. The van der Waals surface area contributed by atoms with E-state index in [4.69, 9.17) is 0 Å². The van der Waals surface area contributed by atoms with Crippen molar-refractivity contribution in [2.45, 2.75) is 37.8 Å². The third-order valence-corrected chi connectivity index (χ3v) is 3.94. The lowest BCUT2D eigenvalue weighted by molar-refractivity contribution is -0.155. The van der Waals surface area contributed by atoms with Gasteiger partial charge in [-0.2, -0.15) is 0 Å². The lowest BCUT2D eigenvalue weighted by atomic mass is 9.54. The normalized spacial score (nSPS) is 56.4. The number of alkyl halides is 1. The standard InChI is InChI=1S/C10H13FO/c11-10-4-6-1-7(5-10)3-8(2-6)9(10)12/h6-8H,1-5H2. The van der Waals surface area contributed by atoms with Crippen molar-refractivity contribution in [2.75, 3.05) is 0 Å². The van der Waals surface area contributed by atoms with Crippen molar-refractivity contribution in [3.05, 3.63) is 0 Å². The molecule has 0 aromatic heterocycles. The van der Waals surface area contributed by atoms with Crippen LogP contribution in [0, 0.1) is 17.8 Å². The Morgan fingerprint density at radius 1 is 1.17 bits per heavy atom. The Balaban J connectivity index is 2.02. The molecule has 2 heteroatoms. The highest BCUT2D eigenvalue weighted by atomic mass is 19.1. The van der Waals surface area contributed by atoms with Crippen LogP contribution in [-0.2, 0) is 4.79 Å². The lowest BCUT2D eigenvalue weighted by Gasteiger charge is -2.51. The second-order valence-electron chi connectivity index (χ2n) is 4.87. The van der Waals surface area contributed by atoms with Gasteiger partial charge < -0.3 is 0 Å². The fourth-order valence-corrected chi connectivity index (χ4v) is 3.68. The summed E-state index contributed by atoms with van der Waals surface area (Å²) in [6.45, 7) is 0. The minimum atomic E-state index is -1.38. The first kappa shape index (κ1) is 7.05. The minimum absolute atomic E-state index is 0.0605. The lowest BCUT2D eigenvalue weighted by Crippen LogP contribution is -2.55. The summed E-state index contributed by atoms with van der Waals surface area (Å²) in [5.74, 6) is 1.10. The summed E-state index contributed by atoms with van der Waals surface area (Å²) >= 11 is 0. The molecule has 4 aliphatic carbocycles. The summed E-state index contributed by atoms with van der Waals surface area (Å²) in [5, 5.41) is 0. The first-order chi connectivity index (χ1) is 5.67. The van der Waals surface area contributed by atoms with Gasteiger partial charge in [-0.15, -0.1) is 0 Å². The number of carbonyl (C=O) groups is 1. The van der Waals surface area contributed by atoms with Crippen molar-refractivity contribution in [1.82, 2.24) is 0 Å². The predicted octanol–water partition coefficient (Wildman–Crippen LogP) is 2.10. The van der Waals surface area contributed by atoms with Crippen molar-refractivity contribution in [1.29, 1.82) is 0 Å². The summed E-state index contributed by atoms with van der Waals surface area (Å²) in [5.41, 5.74) is -1.38. The van der Waals surface area contributed by atoms with Crippen LogP contribution in [-0.4, -0.2) is 11.5 Å². The molecule has 0 radical (unpaired) electrons. The first-order valence-corrected chi connectivity index (χ1v) is 4.90. The van der Waals surface area contributed by atoms with Gasteiger partial charge in [-0.1, -0.05) is 0 Å². The average molecular weight is 168 g/mol. The molecule has 4 aliphatic rings. The molecule has 4 rings (SSSR count). The smallest absolute Gasteiger partial charge is 0.173 e. The van der Waals surface area contributed by atoms with E-state index >= 15 is 0 Å². The Morgan fingerprint density at radius 2 is 1.75 bits per heavy atom. The van der Waals surface area contributed by atoms with Crippen LogP contribution in [0.2, 0.25) is 0 Å². The Labute approximate surface area is 71.3 Å². The molecule has 4 saturated carbocycles. The van der Waals surface area contributed by atoms with Crippen LogP contribution >= 0.6 is 0 Å². The highest BCUT2D eigenvalue weighted by molar-refractivity contribution is 5.91. The number of Topliss-reactive ketones (excluding diaryl/α,β-unsaturated/α-hetero) is 1. The molecule has 0 N–H and O–H groups in total. The van der Waals surface area contributed by atoms with Crippen LogP contribution in [0.25, 0.3) is 0 Å². The molecule has 0 saturated heterocycles. The number of hydrogen-bond acceptors (Lipinski definition) is 1. The summed E-state index contributed by atoms with van der Waals surface area (Å²) in [6, 6.07) is 0. The summed E-state index contributed by atoms with van der Waals surface area (Å²) in [7, 11) is 0. The van der Waals surface area contributed by atoms with Gasteiger partial charge in [0.15, 0.2) is 11.5 Å². The molecule has 2 atom stereocenters. The minimum Gasteiger partial charge on any atom is -0.296 e. The summed E-state index contributed by atoms with van der Waals surface area (Å²) in [4.78, 5) is 11.5. The molecule has 0 amide bonds. The SMILES string of the molecule is O=C1C2CC3CC(C2)CC1(F)C3. The molecule has 66 valence electrons. The average Bonchev–Trinajstić information content (AvgIpc) is 1.98. The quantitative estimate of drug-likeness (QED) is 0.541. The number of hydrogen-bond donors (Lipinski definition) is 0. The van der Waals surface area contributed by atoms with Crippen LogP contribution in [0.4, 0.5) is 4.39 Å². The zero-order chi connectivity index (χ0) is 8.34. The van der Waals surface area contributed by atoms with Gasteiger partial charge in [0.25, 0.3) is 0 Å². The Kier molecular flexibility index (Phi) is 1.12. The van der Waals surface area contributed by atoms with Crippen molar-refractivity contribution < 1.29 is 9.18 Å². The van der Waals surface area contributed by atoms with Crippen LogP contribution in [0.1, 0.15) is 32.1 Å². The predicted molar refractivity (Wildman–Crippen MR) is 42.4 cm³/mol. The van der Waals surface area contributed by atoms with Gasteiger partial charge in [-0.3, -0.25) is 4.79 Å². The van der Waals surface area contributed by atoms with Gasteiger partial charge in [-0.25, -0.2) is 4.39 Å². The molecule has 2 unspecified atom stereocenters. The van der Waals surface area contributed by atoms with Crippen molar-refractivity contribution in [2.24, 2.45) is 17.8 Å². The van der Waals surface area contributed by atoms with Crippen molar-refractivity contribution >= 4 is 5.78 Å². The van der Waals surface area contributed by atoms with Crippen LogP contribution in [0.3, 0.4) is 0 Å². The number of ketones is 1. The van der Waals surface area contributed by atoms with Gasteiger partial charge in [-0.05, 0) is 43.9 Å². The Bertz CT molecular complexity index is 234. The highest BCUT2D eigenvalue weighted by Crippen LogP contribution is 2.55. The van der Waals surface area contributed by atoms with Crippen LogP contribution in [0.15, 0.2) is 0 Å². The molecule has 0 heterocycles. The van der Waals surface area contributed by atoms with Gasteiger partial charge in [0.05, 0.1) is 0 Å². The van der Waals surface area contributed by atoms with E-state index in [1.807, 2.05) is 0 Å². The molecule has 0 aromatic rings. The molecule has 12 heavy (non-hydrogen) atoms. The van der Waals surface area contributed by atoms with Crippen LogP contribution < -0.4 is 0 Å². The van der Waals surface area contributed by atoms with Gasteiger partial charge in [0.2, 0.25) is 0 Å². The number of halogens is 1. The zero-order valence-corrected chi connectivity index (χ0v) is 7.05. The molecule has 4 bridgehead atoms. The molecule has 4 fully saturated rings. The van der Waals surface area contributed by atoms with E-state index < -0.39 is 5.67 Å². The van der Waals surface area contributed by atoms with E-state index in [9.17, 15) is 9.18 Å². The molecule has 0 aliphatic heterocycles. The van der Waals surface area contributed by atoms with Crippen molar-refractivity contribution in [3.8, 4) is 0 Å². The number of rotatable bonds is 0. The maximum Gasteiger partial charge on any atom is 0.173 e. The molecule has 0 spiro atoms. The molecule has 1 nitrogen and oxygen atoms in total.